The molecule has 1 saturated heterocycles. The van der Waals surface area contributed by atoms with Gasteiger partial charge < -0.3 is 9.47 Å². The van der Waals surface area contributed by atoms with Crippen molar-refractivity contribution in [1.29, 1.82) is 0 Å². The van der Waals surface area contributed by atoms with Gasteiger partial charge in [-0.25, -0.2) is 4.37 Å². The highest BCUT2D eigenvalue weighted by atomic mass is 32.1. The minimum absolute atomic E-state index is 0.0599. The van der Waals surface area contributed by atoms with Crippen LogP contribution < -0.4 is 5.56 Å². The largest absolute Gasteiger partial charge is 0.342 e. The fourth-order valence-corrected chi connectivity index (χ4v) is 4.28. The molecule has 0 aromatic carbocycles. The smallest absolute Gasteiger partial charge is 0.251 e. The normalized spacial score (nSPS) is 23.2. The van der Waals surface area contributed by atoms with Gasteiger partial charge in [0, 0.05) is 61.4 Å². The van der Waals surface area contributed by atoms with E-state index in [0.717, 1.165) is 42.9 Å². The van der Waals surface area contributed by atoms with E-state index in [4.69, 9.17) is 0 Å². The number of hydrogen-bond donors (Lipinski definition) is 0. The molecule has 2 aromatic rings. The molecule has 0 radical (unpaired) electrons. The van der Waals surface area contributed by atoms with Crippen molar-refractivity contribution in [3.63, 3.8) is 0 Å². The lowest BCUT2D eigenvalue weighted by atomic mass is 9.82. The molecule has 2 atom stereocenters. The molecule has 1 fully saturated rings. The van der Waals surface area contributed by atoms with E-state index in [1.807, 2.05) is 14.8 Å². The highest BCUT2D eigenvalue weighted by molar-refractivity contribution is 7.03. The summed E-state index contributed by atoms with van der Waals surface area (Å²) in [6.07, 6.45) is 2.86. The highest BCUT2D eigenvalue weighted by Crippen LogP contribution is 2.36. The first-order chi connectivity index (χ1) is 10.6. The molecule has 0 unspecified atom stereocenters. The number of hydrogen-bond acceptors (Lipinski definition) is 4. The van der Waals surface area contributed by atoms with Gasteiger partial charge in [-0.1, -0.05) is 0 Å². The van der Waals surface area contributed by atoms with Crippen LogP contribution in [0.1, 0.15) is 25.0 Å². The summed E-state index contributed by atoms with van der Waals surface area (Å²) in [5, 5.41) is 1.96. The van der Waals surface area contributed by atoms with E-state index in [9.17, 15) is 9.59 Å². The molecule has 22 heavy (non-hydrogen) atoms. The molecule has 2 aromatic heterocycles. The Morgan fingerprint density at radius 3 is 2.86 bits per heavy atom. The lowest BCUT2D eigenvalue weighted by Crippen LogP contribution is -2.48. The van der Waals surface area contributed by atoms with Gasteiger partial charge in [0.15, 0.2) is 0 Å². The fourth-order valence-electron chi connectivity index (χ4n) is 3.73. The predicted molar refractivity (Wildman–Crippen MR) is 84.9 cm³/mol. The number of fused-ring (bicyclic) bond motifs is 4. The van der Waals surface area contributed by atoms with Gasteiger partial charge in [-0.15, -0.1) is 0 Å². The summed E-state index contributed by atoms with van der Waals surface area (Å²) in [7, 11) is 0. The van der Waals surface area contributed by atoms with Crippen molar-refractivity contribution in [3.05, 3.63) is 39.8 Å². The zero-order valence-electron chi connectivity index (χ0n) is 12.4. The minimum atomic E-state index is 0.0599. The first kappa shape index (κ1) is 13.7. The monoisotopic (exact) mass is 315 g/mol. The third-order valence-corrected chi connectivity index (χ3v) is 5.35. The molecule has 4 heterocycles. The molecule has 0 saturated carbocycles. The molecular weight excluding hydrogens is 298 g/mol. The number of likely N-dealkylation sites (tertiary alicyclic amines) is 1. The quantitative estimate of drug-likeness (QED) is 0.808. The Balaban J connectivity index is 1.79. The van der Waals surface area contributed by atoms with Crippen LogP contribution in [0.3, 0.4) is 0 Å². The van der Waals surface area contributed by atoms with Gasteiger partial charge in [-0.2, -0.15) is 0 Å². The molecule has 4 rings (SSSR count). The molecule has 2 aliphatic heterocycles. The predicted octanol–water partition coefficient (Wildman–Crippen LogP) is 1.94. The lowest BCUT2D eigenvalue weighted by molar-refractivity contribution is -0.131. The molecular formula is C16H17N3O2S. The second-order valence-corrected chi connectivity index (χ2v) is 6.91. The third kappa shape index (κ3) is 2.18. The Labute approximate surface area is 132 Å². The number of rotatable bonds is 1. The first-order valence-corrected chi connectivity index (χ1v) is 8.35. The van der Waals surface area contributed by atoms with E-state index in [0.29, 0.717) is 5.92 Å². The zero-order valence-corrected chi connectivity index (χ0v) is 13.2. The number of amides is 1. The fraction of sp³-hybridized carbons (Fsp3) is 0.438. The van der Waals surface area contributed by atoms with Crippen LogP contribution in [0.4, 0.5) is 0 Å². The van der Waals surface area contributed by atoms with Crippen LogP contribution in [-0.2, 0) is 11.3 Å². The number of piperidine rings is 1. The summed E-state index contributed by atoms with van der Waals surface area (Å²) in [4.78, 5) is 26.1. The molecule has 0 aliphatic carbocycles. The van der Waals surface area contributed by atoms with Gasteiger partial charge in [0.2, 0.25) is 5.91 Å². The Kier molecular flexibility index (Phi) is 3.14. The van der Waals surface area contributed by atoms with Gasteiger partial charge in [0.05, 0.1) is 0 Å². The summed E-state index contributed by atoms with van der Waals surface area (Å²) >= 11 is 1.39. The maximum Gasteiger partial charge on any atom is 0.251 e. The van der Waals surface area contributed by atoms with Crippen molar-refractivity contribution in [2.75, 3.05) is 13.1 Å². The van der Waals surface area contributed by atoms with E-state index in [-0.39, 0.29) is 17.4 Å². The molecule has 2 bridgehead atoms. The van der Waals surface area contributed by atoms with Crippen LogP contribution in [0.25, 0.3) is 11.1 Å². The second-order valence-electron chi connectivity index (χ2n) is 6.25. The van der Waals surface area contributed by atoms with E-state index in [1.165, 1.54) is 11.5 Å². The maximum absolute atomic E-state index is 12.5. The number of pyridine rings is 1. The SMILES string of the molecule is CC(=O)N1C[C@@H]2C[C@H](C1)c1cc(-c3cnsc3)cc(=O)n1C2. The molecule has 0 N–H and O–H groups in total. The Morgan fingerprint density at radius 1 is 1.27 bits per heavy atom. The van der Waals surface area contributed by atoms with Gasteiger partial charge in [-0.3, -0.25) is 9.59 Å². The number of carbonyl (C=O) groups excluding carboxylic acids is 1. The van der Waals surface area contributed by atoms with Crippen LogP contribution in [0, 0.1) is 5.92 Å². The van der Waals surface area contributed by atoms with Crippen LogP contribution in [0.2, 0.25) is 0 Å². The minimum Gasteiger partial charge on any atom is -0.342 e. The van der Waals surface area contributed by atoms with E-state index in [2.05, 4.69) is 10.4 Å². The Hall–Kier alpha value is -1.95. The summed E-state index contributed by atoms with van der Waals surface area (Å²) in [5.74, 6) is 0.779. The second kappa shape index (κ2) is 5.05. The van der Waals surface area contributed by atoms with Crippen LogP contribution >= 0.6 is 11.5 Å². The number of nitrogens with zero attached hydrogens (tertiary/aromatic N) is 3. The summed E-state index contributed by atoms with van der Waals surface area (Å²) in [6.45, 7) is 3.84. The number of carbonyl (C=O) groups is 1. The summed E-state index contributed by atoms with van der Waals surface area (Å²) in [5.41, 5.74) is 3.05. The van der Waals surface area contributed by atoms with E-state index < -0.39 is 0 Å². The summed E-state index contributed by atoms with van der Waals surface area (Å²) < 4.78 is 6.02. The van der Waals surface area contributed by atoms with Crippen molar-refractivity contribution in [3.8, 4) is 11.1 Å². The third-order valence-electron chi connectivity index (χ3n) is 4.77. The van der Waals surface area contributed by atoms with Crippen molar-refractivity contribution in [1.82, 2.24) is 13.8 Å². The molecule has 0 spiro atoms. The average molecular weight is 315 g/mol. The van der Waals surface area contributed by atoms with Crippen LogP contribution in [0.15, 0.2) is 28.5 Å². The zero-order chi connectivity index (χ0) is 15.3. The lowest BCUT2D eigenvalue weighted by Gasteiger charge is -2.42. The van der Waals surface area contributed by atoms with Crippen LogP contribution in [0.5, 0.6) is 0 Å². The topological polar surface area (TPSA) is 55.2 Å². The van der Waals surface area contributed by atoms with Gasteiger partial charge in [-0.05, 0) is 35.5 Å². The number of aromatic nitrogens is 2. The van der Waals surface area contributed by atoms with Crippen molar-refractivity contribution < 1.29 is 4.79 Å². The van der Waals surface area contributed by atoms with Crippen molar-refractivity contribution in [2.24, 2.45) is 5.92 Å². The standard InChI is InChI=1S/C16H17N3O2S/c1-10(20)18-6-11-2-13(8-18)15-3-12(14-5-17-22-9-14)4-16(21)19(15)7-11/h3-5,9,11,13H,2,6-8H2,1H3/t11-,13+/m0/s1. The Morgan fingerprint density at radius 2 is 2.14 bits per heavy atom. The average Bonchev–Trinajstić information content (AvgIpc) is 3.02. The van der Waals surface area contributed by atoms with Gasteiger partial charge >= 0.3 is 0 Å². The molecule has 114 valence electrons. The van der Waals surface area contributed by atoms with E-state index >= 15 is 0 Å². The van der Waals surface area contributed by atoms with Crippen molar-refractivity contribution in [2.45, 2.75) is 25.8 Å². The maximum atomic E-state index is 12.5. The van der Waals surface area contributed by atoms with Gasteiger partial charge in [0.1, 0.15) is 0 Å². The molecule has 2 aliphatic rings. The van der Waals surface area contributed by atoms with Crippen LogP contribution in [-0.4, -0.2) is 32.8 Å². The first-order valence-electron chi connectivity index (χ1n) is 7.52. The Bertz CT molecular complexity index is 781. The summed E-state index contributed by atoms with van der Waals surface area (Å²) in [6, 6.07) is 3.81. The highest BCUT2D eigenvalue weighted by Gasteiger charge is 2.35. The molecule has 1 amide bonds. The van der Waals surface area contributed by atoms with E-state index in [1.54, 1.807) is 19.2 Å². The van der Waals surface area contributed by atoms with Gasteiger partial charge in [0.25, 0.3) is 5.56 Å². The molecule has 5 nitrogen and oxygen atoms in total. The van der Waals surface area contributed by atoms with Crippen molar-refractivity contribution >= 4 is 17.4 Å². The molecule has 6 heteroatoms.